The standard InChI is InChI=1S/C22H41F3N6/c1-4-26-20(30-16-14-29(15-17-30)19(2)22(23,24)25)27-18-21(8-12-28(3)13-9-21)31-10-6-5-7-11-31/h19H,4-18H2,1-3H3,(H,26,27). The Balaban J connectivity index is 1.67. The number of piperazine rings is 1. The normalized spacial score (nSPS) is 26.1. The average molecular weight is 447 g/mol. The number of aliphatic imine (C=N–C) groups is 1. The fourth-order valence-corrected chi connectivity index (χ4v) is 5.15. The molecule has 0 radical (unpaired) electrons. The van der Waals surface area contributed by atoms with E-state index < -0.39 is 12.2 Å². The largest absolute Gasteiger partial charge is 0.403 e. The van der Waals surface area contributed by atoms with Crippen LogP contribution in [-0.2, 0) is 0 Å². The fraction of sp³-hybridized carbons (Fsp3) is 0.955. The maximum atomic E-state index is 13.1. The van der Waals surface area contributed by atoms with Crippen molar-refractivity contribution in [1.82, 2.24) is 24.9 Å². The monoisotopic (exact) mass is 446 g/mol. The maximum Gasteiger partial charge on any atom is 0.403 e. The molecular formula is C22H41F3N6. The van der Waals surface area contributed by atoms with Crippen LogP contribution in [0.25, 0.3) is 0 Å². The molecule has 0 aromatic rings. The summed E-state index contributed by atoms with van der Waals surface area (Å²) in [6.45, 7) is 11.3. The lowest BCUT2D eigenvalue weighted by molar-refractivity contribution is -0.181. The number of likely N-dealkylation sites (tertiary alicyclic amines) is 2. The van der Waals surface area contributed by atoms with Crippen LogP contribution in [0, 0.1) is 0 Å². The molecule has 0 aromatic carbocycles. The second-order valence-corrected chi connectivity index (χ2v) is 9.49. The van der Waals surface area contributed by atoms with E-state index in [-0.39, 0.29) is 5.54 Å². The van der Waals surface area contributed by atoms with Gasteiger partial charge in [0.25, 0.3) is 0 Å². The second-order valence-electron chi connectivity index (χ2n) is 9.49. The van der Waals surface area contributed by atoms with Crippen molar-refractivity contribution in [3.05, 3.63) is 0 Å². The number of guanidine groups is 1. The predicted molar refractivity (Wildman–Crippen MR) is 120 cm³/mol. The van der Waals surface area contributed by atoms with E-state index in [0.717, 1.165) is 58.1 Å². The molecule has 3 aliphatic heterocycles. The molecule has 180 valence electrons. The zero-order valence-electron chi connectivity index (χ0n) is 19.6. The van der Waals surface area contributed by atoms with Crippen molar-refractivity contribution in [2.45, 2.75) is 63.7 Å². The number of rotatable bonds is 5. The van der Waals surface area contributed by atoms with Gasteiger partial charge in [-0.1, -0.05) is 6.42 Å². The number of hydrogen-bond acceptors (Lipinski definition) is 4. The number of hydrogen-bond donors (Lipinski definition) is 1. The van der Waals surface area contributed by atoms with Gasteiger partial charge in [0.15, 0.2) is 5.96 Å². The van der Waals surface area contributed by atoms with Crippen molar-refractivity contribution in [2.24, 2.45) is 4.99 Å². The number of halogens is 3. The first-order valence-corrected chi connectivity index (χ1v) is 12.0. The number of nitrogens with zero attached hydrogens (tertiary/aromatic N) is 5. The summed E-state index contributed by atoms with van der Waals surface area (Å²) in [5.74, 6) is 0.858. The molecule has 3 saturated heterocycles. The molecule has 1 N–H and O–H groups in total. The molecular weight excluding hydrogens is 405 g/mol. The van der Waals surface area contributed by atoms with E-state index in [1.807, 2.05) is 6.92 Å². The van der Waals surface area contributed by atoms with E-state index in [2.05, 4.69) is 27.1 Å². The SMILES string of the molecule is CCNC(=NCC1(N2CCCCC2)CCN(C)CC1)N1CCN(C(C)C(F)(F)F)CC1. The summed E-state index contributed by atoms with van der Waals surface area (Å²) in [6, 6.07) is -1.39. The minimum absolute atomic E-state index is 0.111. The van der Waals surface area contributed by atoms with Gasteiger partial charge in [0, 0.05) is 38.3 Å². The summed E-state index contributed by atoms with van der Waals surface area (Å²) in [5.41, 5.74) is 0.111. The predicted octanol–water partition coefficient (Wildman–Crippen LogP) is 2.47. The minimum Gasteiger partial charge on any atom is -0.357 e. The molecule has 0 bridgehead atoms. The van der Waals surface area contributed by atoms with Gasteiger partial charge in [0.05, 0.1) is 6.54 Å². The van der Waals surface area contributed by atoms with Crippen molar-refractivity contribution in [1.29, 1.82) is 0 Å². The van der Waals surface area contributed by atoms with Crippen molar-refractivity contribution in [3.8, 4) is 0 Å². The summed E-state index contributed by atoms with van der Waals surface area (Å²) in [4.78, 5) is 13.8. The van der Waals surface area contributed by atoms with Gasteiger partial charge in [-0.05, 0) is 72.8 Å². The van der Waals surface area contributed by atoms with Gasteiger partial charge < -0.3 is 15.1 Å². The third-order valence-electron chi connectivity index (χ3n) is 7.44. The van der Waals surface area contributed by atoms with Crippen LogP contribution in [0.3, 0.4) is 0 Å². The first-order valence-electron chi connectivity index (χ1n) is 12.0. The Labute approximate surface area is 185 Å². The molecule has 3 rings (SSSR count). The third-order valence-corrected chi connectivity index (χ3v) is 7.44. The summed E-state index contributed by atoms with van der Waals surface area (Å²) in [7, 11) is 2.19. The molecule has 0 aliphatic carbocycles. The van der Waals surface area contributed by atoms with E-state index in [1.54, 1.807) is 0 Å². The van der Waals surface area contributed by atoms with E-state index in [1.165, 1.54) is 31.1 Å². The average Bonchev–Trinajstić information content (AvgIpc) is 2.77. The van der Waals surface area contributed by atoms with E-state index in [9.17, 15) is 13.2 Å². The topological polar surface area (TPSA) is 37.4 Å². The molecule has 1 unspecified atom stereocenters. The van der Waals surface area contributed by atoms with Crippen LogP contribution in [0.2, 0.25) is 0 Å². The van der Waals surface area contributed by atoms with E-state index in [0.29, 0.717) is 26.2 Å². The van der Waals surface area contributed by atoms with Gasteiger partial charge in [-0.25, -0.2) is 0 Å². The van der Waals surface area contributed by atoms with Crippen molar-refractivity contribution in [2.75, 3.05) is 72.5 Å². The van der Waals surface area contributed by atoms with E-state index in [4.69, 9.17) is 4.99 Å². The highest BCUT2D eigenvalue weighted by Gasteiger charge is 2.42. The van der Waals surface area contributed by atoms with Crippen LogP contribution in [-0.4, -0.2) is 116 Å². The Kier molecular flexibility index (Phi) is 8.49. The summed E-state index contributed by atoms with van der Waals surface area (Å²) in [6.07, 6.45) is 1.93. The number of alkyl halides is 3. The zero-order valence-corrected chi connectivity index (χ0v) is 19.6. The molecule has 9 heteroatoms. The van der Waals surface area contributed by atoms with Gasteiger partial charge in [0.1, 0.15) is 6.04 Å². The van der Waals surface area contributed by atoms with Gasteiger partial charge >= 0.3 is 6.18 Å². The highest BCUT2D eigenvalue weighted by atomic mass is 19.4. The number of nitrogens with one attached hydrogen (secondary N) is 1. The Hall–Kier alpha value is -1.06. The lowest BCUT2D eigenvalue weighted by Crippen LogP contribution is -2.59. The van der Waals surface area contributed by atoms with Gasteiger partial charge in [0.2, 0.25) is 0 Å². The summed E-state index contributed by atoms with van der Waals surface area (Å²) in [5, 5.41) is 3.40. The Morgan fingerprint density at radius 3 is 2.13 bits per heavy atom. The maximum absolute atomic E-state index is 13.1. The molecule has 3 aliphatic rings. The smallest absolute Gasteiger partial charge is 0.357 e. The van der Waals surface area contributed by atoms with Crippen LogP contribution < -0.4 is 5.32 Å². The quantitative estimate of drug-likeness (QED) is 0.519. The molecule has 31 heavy (non-hydrogen) atoms. The number of piperidine rings is 2. The van der Waals surface area contributed by atoms with Gasteiger partial charge in [-0.2, -0.15) is 13.2 Å². The Morgan fingerprint density at radius 1 is 0.968 bits per heavy atom. The highest BCUT2D eigenvalue weighted by molar-refractivity contribution is 5.80. The lowest BCUT2D eigenvalue weighted by atomic mass is 9.84. The molecule has 0 spiro atoms. The van der Waals surface area contributed by atoms with Crippen molar-refractivity contribution in [3.63, 3.8) is 0 Å². The van der Waals surface area contributed by atoms with Gasteiger partial charge in [-0.3, -0.25) is 14.8 Å². The zero-order chi connectivity index (χ0) is 22.5. The van der Waals surface area contributed by atoms with Crippen LogP contribution in [0.15, 0.2) is 4.99 Å². The van der Waals surface area contributed by atoms with Crippen LogP contribution >= 0.6 is 0 Å². The summed E-state index contributed by atoms with van der Waals surface area (Å²) >= 11 is 0. The third kappa shape index (κ3) is 6.26. The van der Waals surface area contributed by atoms with Crippen LogP contribution in [0.5, 0.6) is 0 Å². The van der Waals surface area contributed by atoms with Crippen molar-refractivity contribution >= 4 is 5.96 Å². The van der Waals surface area contributed by atoms with Crippen molar-refractivity contribution < 1.29 is 13.2 Å². The van der Waals surface area contributed by atoms with Crippen LogP contribution in [0.1, 0.15) is 46.0 Å². The first kappa shape index (κ1) is 24.6. The van der Waals surface area contributed by atoms with Crippen LogP contribution in [0.4, 0.5) is 13.2 Å². The van der Waals surface area contributed by atoms with Gasteiger partial charge in [-0.15, -0.1) is 0 Å². The lowest BCUT2D eigenvalue weighted by Gasteiger charge is -2.49. The minimum atomic E-state index is -4.17. The molecule has 0 aromatic heterocycles. The Bertz CT molecular complexity index is 574. The molecule has 1 atom stereocenters. The molecule has 6 nitrogen and oxygen atoms in total. The first-order chi connectivity index (χ1) is 14.7. The molecule has 0 saturated carbocycles. The summed E-state index contributed by atoms with van der Waals surface area (Å²) < 4.78 is 39.3. The fourth-order valence-electron chi connectivity index (χ4n) is 5.15. The van der Waals surface area contributed by atoms with E-state index >= 15 is 0 Å². The Morgan fingerprint density at radius 2 is 1.58 bits per heavy atom. The molecule has 3 heterocycles. The highest BCUT2D eigenvalue weighted by Crippen LogP contribution is 2.32. The molecule has 3 fully saturated rings. The molecule has 0 amide bonds. The second kappa shape index (κ2) is 10.7.